The van der Waals surface area contributed by atoms with E-state index in [4.69, 9.17) is 4.74 Å². The second-order valence-corrected chi connectivity index (χ2v) is 9.64. The summed E-state index contributed by atoms with van der Waals surface area (Å²) in [5.41, 5.74) is 4.45. The maximum atomic E-state index is 13.1. The Morgan fingerprint density at radius 2 is 1.97 bits per heavy atom. The number of nitrogens with one attached hydrogen (secondary N) is 1. The van der Waals surface area contributed by atoms with Crippen molar-refractivity contribution in [1.82, 2.24) is 5.32 Å². The van der Waals surface area contributed by atoms with Crippen LogP contribution < -0.4 is 10.1 Å². The Balaban J connectivity index is 1.55. The van der Waals surface area contributed by atoms with Crippen molar-refractivity contribution in [3.05, 3.63) is 70.5 Å². The van der Waals surface area contributed by atoms with Gasteiger partial charge in [0.2, 0.25) is 0 Å². The monoisotopic (exact) mass is 453 g/mol. The van der Waals surface area contributed by atoms with Crippen LogP contribution in [-0.4, -0.2) is 40.5 Å². The highest BCUT2D eigenvalue weighted by molar-refractivity contribution is 5.86. The molecule has 0 bridgehead atoms. The van der Waals surface area contributed by atoms with Crippen LogP contribution in [0.2, 0.25) is 0 Å². The van der Waals surface area contributed by atoms with Gasteiger partial charge in [0.05, 0.1) is 6.04 Å². The van der Waals surface area contributed by atoms with E-state index in [1.807, 2.05) is 32.0 Å². The summed E-state index contributed by atoms with van der Waals surface area (Å²) < 4.78 is 19.5. The van der Waals surface area contributed by atoms with Crippen molar-refractivity contribution in [2.24, 2.45) is 0 Å². The topological polar surface area (TPSA) is 78.8 Å². The first kappa shape index (κ1) is 23.5. The van der Waals surface area contributed by atoms with Gasteiger partial charge >= 0.3 is 5.97 Å². The molecule has 2 aromatic carbocycles. The van der Waals surface area contributed by atoms with Gasteiger partial charge in [-0.05, 0) is 92.5 Å². The minimum Gasteiger partial charge on any atom is -0.483 e. The Kier molecular flexibility index (Phi) is 6.59. The summed E-state index contributed by atoms with van der Waals surface area (Å²) in [6.07, 6.45) is 2.08. The van der Waals surface area contributed by atoms with Gasteiger partial charge in [0.15, 0.2) is 6.10 Å². The van der Waals surface area contributed by atoms with Gasteiger partial charge in [0.25, 0.3) is 0 Å². The molecule has 0 radical (unpaired) electrons. The normalized spacial score (nSPS) is 20.9. The van der Waals surface area contributed by atoms with E-state index in [0.717, 1.165) is 59.3 Å². The Labute approximate surface area is 194 Å². The molecule has 0 spiro atoms. The maximum absolute atomic E-state index is 13.1. The molecule has 0 amide bonds. The van der Waals surface area contributed by atoms with Crippen molar-refractivity contribution in [3.8, 4) is 5.75 Å². The van der Waals surface area contributed by atoms with Gasteiger partial charge in [-0.1, -0.05) is 31.2 Å². The summed E-state index contributed by atoms with van der Waals surface area (Å²) in [4.78, 5) is 11.5. The molecule has 0 saturated carbocycles. The van der Waals surface area contributed by atoms with E-state index in [0.29, 0.717) is 12.5 Å². The molecule has 0 saturated heterocycles. The van der Waals surface area contributed by atoms with Crippen LogP contribution in [0.25, 0.3) is 5.57 Å². The number of carboxylic acid groups (broad SMARTS) is 1. The quantitative estimate of drug-likeness (QED) is 0.567. The number of benzene rings is 2. The number of carbonyl (C=O) groups is 1. The van der Waals surface area contributed by atoms with Crippen molar-refractivity contribution in [2.45, 2.75) is 70.1 Å². The van der Waals surface area contributed by atoms with Crippen LogP contribution in [0.15, 0.2) is 48.0 Å². The number of aliphatic hydroxyl groups is 1. The summed E-state index contributed by atoms with van der Waals surface area (Å²) in [5, 5.41) is 23.0. The largest absolute Gasteiger partial charge is 0.483 e. The first-order valence-electron chi connectivity index (χ1n) is 11.6. The first-order chi connectivity index (χ1) is 15.7. The van der Waals surface area contributed by atoms with Crippen LogP contribution in [0.1, 0.15) is 62.6 Å². The third-order valence-electron chi connectivity index (χ3n) is 6.92. The Hall–Kier alpha value is -2.70. The highest BCUT2D eigenvalue weighted by Crippen LogP contribution is 2.46. The molecule has 176 valence electrons. The van der Waals surface area contributed by atoms with Crippen LogP contribution in [0.3, 0.4) is 0 Å². The molecule has 2 aliphatic rings. The number of rotatable bonds is 7. The predicted octanol–water partition coefficient (Wildman–Crippen LogP) is 4.68. The number of aryl methyl sites for hydroxylation is 1. The Morgan fingerprint density at radius 3 is 2.67 bits per heavy atom. The van der Waals surface area contributed by atoms with Crippen LogP contribution in [0.4, 0.5) is 4.39 Å². The molecule has 4 rings (SSSR count). The standard InChI is InChI=1S/C27H32FNO4/c1-16(5-4-6-17-7-10-19(28)11-8-17)18-9-12-20-22(15-18)33-27(2,3)21-13-14-29-24(23(20)21)25(30)26(31)32/h7-12,15-16,24-25,29-30H,4-6,13-14H2,1-3H3,(H,31,32). The number of hydrogen-bond donors (Lipinski definition) is 3. The molecule has 5 nitrogen and oxygen atoms in total. The molecule has 33 heavy (non-hydrogen) atoms. The predicted molar refractivity (Wildman–Crippen MR) is 126 cm³/mol. The van der Waals surface area contributed by atoms with Crippen molar-refractivity contribution < 1.29 is 24.1 Å². The summed E-state index contributed by atoms with van der Waals surface area (Å²) in [5.74, 6) is -0.414. The number of carboxylic acids is 1. The van der Waals surface area contributed by atoms with Gasteiger partial charge in [-0.15, -0.1) is 0 Å². The van der Waals surface area contributed by atoms with E-state index >= 15 is 0 Å². The third-order valence-corrected chi connectivity index (χ3v) is 6.92. The lowest BCUT2D eigenvalue weighted by molar-refractivity contribution is -0.147. The van der Waals surface area contributed by atoms with Crippen molar-refractivity contribution >= 4 is 11.5 Å². The molecule has 6 heteroatoms. The third kappa shape index (κ3) is 4.82. The molecule has 3 atom stereocenters. The van der Waals surface area contributed by atoms with E-state index in [2.05, 4.69) is 24.4 Å². The molecule has 2 heterocycles. The number of halogens is 1. The average molecular weight is 454 g/mol. The molecule has 0 aliphatic carbocycles. The van der Waals surface area contributed by atoms with Gasteiger partial charge in [-0.3, -0.25) is 0 Å². The molecule has 3 unspecified atom stereocenters. The minimum atomic E-state index is -1.53. The lowest BCUT2D eigenvalue weighted by Gasteiger charge is -2.43. The van der Waals surface area contributed by atoms with Crippen LogP contribution >= 0.6 is 0 Å². The van der Waals surface area contributed by atoms with Crippen molar-refractivity contribution in [2.75, 3.05) is 6.54 Å². The lowest BCUT2D eigenvalue weighted by atomic mass is 9.77. The van der Waals surface area contributed by atoms with Gasteiger partial charge in [-0.25, -0.2) is 9.18 Å². The maximum Gasteiger partial charge on any atom is 0.334 e. The number of fused-ring (bicyclic) bond motifs is 2. The van der Waals surface area contributed by atoms with Gasteiger partial charge in [0.1, 0.15) is 17.2 Å². The molecule has 2 aliphatic heterocycles. The molecule has 0 aromatic heterocycles. The van der Waals surface area contributed by atoms with Crippen LogP contribution in [-0.2, 0) is 11.2 Å². The smallest absolute Gasteiger partial charge is 0.334 e. The van der Waals surface area contributed by atoms with Crippen LogP contribution in [0, 0.1) is 5.82 Å². The number of aliphatic carboxylic acids is 1. The van der Waals surface area contributed by atoms with Crippen molar-refractivity contribution in [3.63, 3.8) is 0 Å². The number of hydrogen-bond acceptors (Lipinski definition) is 4. The fraction of sp³-hybridized carbons (Fsp3) is 0.444. The van der Waals surface area contributed by atoms with Gasteiger partial charge in [-0.2, -0.15) is 0 Å². The number of aliphatic hydroxyl groups excluding tert-OH is 1. The first-order valence-corrected chi connectivity index (χ1v) is 11.6. The second kappa shape index (κ2) is 9.27. The second-order valence-electron chi connectivity index (χ2n) is 9.64. The fourth-order valence-corrected chi connectivity index (χ4v) is 5.06. The zero-order valence-electron chi connectivity index (χ0n) is 19.4. The van der Waals surface area contributed by atoms with Crippen LogP contribution in [0.5, 0.6) is 5.75 Å². The van der Waals surface area contributed by atoms with E-state index in [-0.39, 0.29) is 5.82 Å². The molecule has 2 aromatic rings. The fourth-order valence-electron chi connectivity index (χ4n) is 5.06. The van der Waals surface area contributed by atoms with Gasteiger partial charge < -0.3 is 20.3 Å². The van der Waals surface area contributed by atoms with Crippen molar-refractivity contribution in [1.29, 1.82) is 0 Å². The highest BCUT2D eigenvalue weighted by atomic mass is 19.1. The molecule has 0 fully saturated rings. The van der Waals surface area contributed by atoms with E-state index in [1.165, 1.54) is 12.1 Å². The zero-order valence-corrected chi connectivity index (χ0v) is 19.4. The zero-order chi connectivity index (χ0) is 23.8. The Morgan fingerprint density at radius 1 is 1.24 bits per heavy atom. The summed E-state index contributed by atoms with van der Waals surface area (Å²) in [7, 11) is 0. The van der Waals surface area contributed by atoms with E-state index in [1.54, 1.807) is 0 Å². The summed E-state index contributed by atoms with van der Waals surface area (Å²) in [6, 6.07) is 12.1. The summed E-state index contributed by atoms with van der Waals surface area (Å²) in [6.45, 7) is 6.78. The molecular formula is C27H32FNO4. The molecule has 3 N–H and O–H groups in total. The van der Waals surface area contributed by atoms with Gasteiger partial charge in [0, 0.05) is 5.56 Å². The summed E-state index contributed by atoms with van der Waals surface area (Å²) >= 11 is 0. The number of ether oxygens (including phenoxy) is 1. The van der Waals surface area contributed by atoms with E-state index in [9.17, 15) is 19.4 Å². The molecular weight excluding hydrogens is 421 g/mol. The minimum absolute atomic E-state index is 0.214. The Bertz CT molecular complexity index is 1060. The van der Waals surface area contributed by atoms with E-state index < -0.39 is 23.7 Å². The highest BCUT2D eigenvalue weighted by Gasteiger charge is 2.42. The lowest BCUT2D eigenvalue weighted by Crippen LogP contribution is -2.51. The average Bonchev–Trinajstić information content (AvgIpc) is 2.78. The SMILES string of the molecule is CC(CCCc1ccc(F)cc1)c1ccc2c(c1)OC(C)(C)C1=C2C(C(O)C(=O)O)NCC1.